The lowest BCUT2D eigenvalue weighted by Crippen LogP contribution is -2.34. The first kappa shape index (κ1) is 20.6. The fourth-order valence-electron chi connectivity index (χ4n) is 4.28. The van der Waals surface area contributed by atoms with Crippen LogP contribution in [0.15, 0.2) is 36.9 Å². The Morgan fingerprint density at radius 1 is 1.16 bits per heavy atom. The summed E-state index contributed by atoms with van der Waals surface area (Å²) in [7, 11) is 0. The van der Waals surface area contributed by atoms with Crippen molar-refractivity contribution in [1.29, 1.82) is 0 Å². The largest absolute Gasteiger partial charge is 0.394 e. The number of ether oxygens (including phenoxy) is 1. The number of imidazole rings is 1. The Kier molecular flexibility index (Phi) is 5.51. The molecule has 11 heteroatoms. The van der Waals surface area contributed by atoms with Crippen LogP contribution in [0.5, 0.6) is 0 Å². The third-order valence-electron chi connectivity index (χ3n) is 5.86. The third kappa shape index (κ3) is 3.55. The monoisotopic (exact) mass is 446 g/mol. The van der Waals surface area contributed by atoms with Crippen molar-refractivity contribution < 1.29 is 20.1 Å². The Bertz CT molecular complexity index is 1060. The summed E-state index contributed by atoms with van der Waals surface area (Å²) < 4.78 is 7.23. The number of anilines is 2. The van der Waals surface area contributed by atoms with E-state index in [2.05, 4.69) is 25.2 Å². The van der Waals surface area contributed by atoms with E-state index in [-0.39, 0.29) is 6.04 Å². The molecule has 164 valence electrons. The van der Waals surface area contributed by atoms with Crippen molar-refractivity contribution in [2.45, 2.75) is 37.0 Å². The van der Waals surface area contributed by atoms with Gasteiger partial charge in [0.1, 0.15) is 24.6 Å². The summed E-state index contributed by atoms with van der Waals surface area (Å²) >= 11 is 6.09. The lowest BCUT2D eigenvalue weighted by Gasteiger charge is -2.29. The first-order chi connectivity index (χ1) is 15.1. The fraction of sp³-hybridized carbons (Fsp3) is 0.450. The zero-order chi connectivity index (χ0) is 21.5. The van der Waals surface area contributed by atoms with Crippen molar-refractivity contribution in [3.63, 3.8) is 0 Å². The number of aromatic nitrogens is 4. The van der Waals surface area contributed by atoms with Crippen molar-refractivity contribution in [3.8, 4) is 0 Å². The Balaban J connectivity index is 1.59. The maximum absolute atomic E-state index is 10.4. The minimum atomic E-state index is -1.22. The van der Waals surface area contributed by atoms with E-state index in [1.807, 2.05) is 24.3 Å². The molecule has 0 bridgehead atoms. The van der Waals surface area contributed by atoms with E-state index in [1.54, 1.807) is 4.57 Å². The van der Waals surface area contributed by atoms with Crippen LogP contribution in [0.3, 0.4) is 0 Å². The molecule has 5 atom stereocenters. The van der Waals surface area contributed by atoms with E-state index < -0.39 is 31.1 Å². The predicted molar refractivity (Wildman–Crippen MR) is 113 cm³/mol. The molecular formula is C20H23ClN6O4. The van der Waals surface area contributed by atoms with Crippen molar-refractivity contribution in [3.05, 3.63) is 41.9 Å². The second-order valence-corrected chi connectivity index (χ2v) is 8.18. The molecule has 10 nitrogen and oxygen atoms in total. The van der Waals surface area contributed by atoms with Gasteiger partial charge in [0, 0.05) is 23.3 Å². The van der Waals surface area contributed by atoms with Crippen LogP contribution in [0.25, 0.3) is 11.2 Å². The molecule has 2 aliphatic heterocycles. The highest BCUT2D eigenvalue weighted by Crippen LogP contribution is 2.36. The van der Waals surface area contributed by atoms with E-state index in [1.165, 1.54) is 12.7 Å². The molecule has 31 heavy (non-hydrogen) atoms. The Morgan fingerprint density at radius 2 is 1.97 bits per heavy atom. The van der Waals surface area contributed by atoms with Crippen LogP contribution < -0.4 is 10.2 Å². The molecular weight excluding hydrogens is 424 g/mol. The molecule has 2 saturated heterocycles. The molecule has 2 aromatic heterocycles. The van der Waals surface area contributed by atoms with Crippen molar-refractivity contribution in [1.82, 2.24) is 24.8 Å². The Morgan fingerprint density at radius 3 is 2.65 bits per heavy atom. The number of hydrogen-bond donors (Lipinski definition) is 4. The van der Waals surface area contributed by atoms with Gasteiger partial charge in [-0.1, -0.05) is 11.6 Å². The SMILES string of the molecule is OC[C@H]1O[C@@H](n2cnc3c(N(c4ccc(Cl)cc4)[C@H]4CCNC4)ncnc32)[C@@H](O)[C@H]1O. The number of halogens is 1. The van der Waals surface area contributed by atoms with Crippen molar-refractivity contribution >= 4 is 34.3 Å². The van der Waals surface area contributed by atoms with Crippen LogP contribution >= 0.6 is 11.6 Å². The van der Waals surface area contributed by atoms with Gasteiger partial charge in [-0.2, -0.15) is 0 Å². The van der Waals surface area contributed by atoms with Gasteiger partial charge in [-0.15, -0.1) is 0 Å². The number of nitrogens with one attached hydrogen (secondary N) is 1. The molecule has 0 saturated carbocycles. The number of nitrogens with zero attached hydrogens (tertiary/aromatic N) is 5. The van der Waals surface area contributed by atoms with Gasteiger partial charge in [0.25, 0.3) is 0 Å². The van der Waals surface area contributed by atoms with Gasteiger partial charge in [-0.3, -0.25) is 4.57 Å². The summed E-state index contributed by atoms with van der Waals surface area (Å²) in [6, 6.07) is 7.72. The molecule has 2 fully saturated rings. The van der Waals surface area contributed by atoms with Crippen LogP contribution in [0.1, 0.15) is 12.6 Å². The van der Waals surface area contributed by atoms with Gasteiger partial charge >= 0.3 is 0 Å². The van der Waals surface area contributed by atoms with E-state index in [9.17, 15) is 15.3 Å². The predicted octanol–water partition coefficient (Wildman–Crippen LogP) is 0.591. The molecule has 5 rings (SSSR count). The summed E-state index contributed by atoms with van der Waals surface area (Å²) in [5.74, 6) is 0.631. The van der Waals surface area contributed by atoms with E-state index in [0.29, 0.717) is 22.0 Å². The Hall–Kier alpha value is -2.34. The van der Waals surface area contributed by atoms with Crippen LogP contribution in [-0.4, -0.2) is 78.9 Å². The average molecular weight is 447 g/mol. The van der Waals surface area contributed by atoms with Gasteiger partial charge in [0.2, 0.25) is 0 Å². The standard InChI is InChI=1S/C20H23ClN6O4/c21-11-1-3-12(4-2-11)27(13-5-6-22-7-13)19-15-18(23-9-24-19)26(10-25-15)20-17(30)16(29)14(8-28)31-20/h1-4,9-10,13-14,16-17,20,22,28-30H,5-8H2/t13-,14+,16-,17-,20+/m0/s1. The number of aliphatic hydroxyl groups excluding tert-OH is 3. The van der Waals surface area contributed by atoms with Gasteiger partial charge in [0.05, 0.1) is 12.9 Å². The minimum Gasteiger partial charge on any atom is -0.394 e. The minimum absolute atomic E-state index is 0.165. The van der Waals surface area contributed by atoms with Gasteiger partial charge in [-0.25, -0.2) is 15.0 Å². The zero-order valence-electron chi connectivity index (χ0n) is 16.5. The number of fused-ring (bicyclic) bond motifs is 1. The number of rotatable bonds is 5. The maximum Gasteiger partial charge on any atom is 0.167 e. The molecule has 0 radical (unpaired) electrons. The van der Waals surface area contributed by atoms with E-state index >= 15 is 0 Å². The highest BCUT2D eigenvalue weighted by Gasteiger charge is 2.44. The van der Waals surface area contributed by atoms with Crippen LogP contribution in [0.4, 0.5) is 11.5 Å². The van der Waals surface area contributed by atoms with Gasteiger partial charge < -0.3 is 30.3 Å². The lowest BCUT2D eigenvalue weighted by atomic mass is 10.1. The molecule has 2 aliphatic rings. The molecule has 0 spiro atoms. The van der Waals surface area contributed by atoms with Crippen molar-refractivity contribution in [2.75, 3.05) is 24.6 Å². The van der Waals surface area contributed by atoms with Crippen LogP contribution in [-0.2, 0) is 4.74 Å². The number of aliphatic hydroxyl groups is 3. The van der Waals surface area contributed by atoms with Crippen LogP contribution in [0.2, 0.25) is 5.02 Å². The second-order valence-electron chi connectivity index (χ2n) is 7.74. The fourth-order valence-corrected chi connectivity index (χ4v) is 4.41. The topological polar surface area (TPSA) is 129 Å². The van der Waals surface area contributed by atoms with Crippen LogP contribution in [0, 0.1) is 0 Å². The summed E-state index contributed by atoms with van der Waals surface area (Å²) in [5, 5.41) is 34.0. The summed E-state index contributed by atoms with van der Waals surface area (Å²) in [6.45, 7) is 1.30. The average Bonchev–Trinajstić information content (AvgIpc) is 3.51. The molecule has 3 aromatic rings. The van der Waals surface area contributed by atoms with Crippen molar-refractivity contribution in [2.24, 2.45) is 0 Å². The molecule has 4 heterocycles. The van der Waals surface area contributed by atoms with E-state index in [4.69, 9.17) is 16.3 Å². The normalized spacial score (nSPS) is 28.5. The first-order valence-corrected chi connectivity index (χ1v) is 10.5. The number of hydrogen-bond acceptors (Lipinski definition) is 9. The maximum atomic E-state index is 10.4. The summed E-state index contributed by atoms with van der Waals surface area (Å²) in [5.41, 5.74) is 1.94. The second kappa shape index (κ2) is 8.30. The summed E-state index contributed by atoms with van der Waals surface area (Å²) in [6.07, 6.45) is -0.337. The quantitative estimate of drug-likeness (QED) is 0.445. The lowest BCUT2D eigenvalue weighted by molar-refractivity contribution is -0.0511. The first-order valence-electron chi connectivity index (χ1n) is 10.1. The highest BCUT2D eigenvalue weighted by atomic mass is 35.5. The van der Waals surface area contributed by atoms with E-state index in [0.717, 1.165) is 25.2 Å². The smallest absolute Gasteiger partial charge is 0.167 e. The zero-order valence-corrected chi connectivity index (χ0v) is 17.3. The highest BCUT2D eigenvalue weighted by molar-refractivity contribution is 6.30. The molecule has 0 aliphatic carbocycles. The molecule has 0 amide bonds. The van der Waals surface area contributed by atoms with Gasteiger partial charge in [0.15, 0.2) is 23.2 Å². The molecule has 4 N–H and O–H groups in total. The molecule has 1 aromatic carbocycles. The third-order valence-corrected chi connectivity index (χ3v) is 6.12. The summed E-state index contributed by atoms with van der Waals surface area (Å²) in [4.78, 5) is 15.5. The number of benzene rings is 1. The Labute approximate surface area is 183 Å². The van der Waals surface area contributed by atoms with Gasteiger partial charge in [-0.05, 0) is 37.2 Å². The molecule has 0 unspecified atom stereocenters.